The summed E-state index contributed by atoms with van der Waals surface area (Å²) in [6.07, 6.45) is 0. The Kier molecular flexibility index (Phi) is 5.72. The van der Waals surface area contributed by atoms with Crippen LogP contribution in [0.3, 0.4) is 0 Å². The second-order valence-electron chi connectivity index (χ2n) is 8.17. The van der Waals surface area contributed by atoms with Crippen LogP contribution >= 0.6 is 0 Å². The van der Waals surface area contributed by atoms with E-state index in [-0.39, 0.29) is 17.9 Å². The van der Waals surface area contributed by atoms with E-state index in [1.54, 1.807) is 31.1 Å². The molecule has 0 unspecified atom stereocenters. The van der Waals surface area contributed by atoms with E-state index in [4.69, 9.17) is 4.74 Å². The average molecular weight is 397 g/mol. The van der Waals surface area contributed by atoms with Gasteiger partial charge in [0, 0.05) is 46.2 Å². The summed E-state index contributed by atoms with van der Waals surface area (Å²) in [6.45, 7) is 4.01. The summed E-state index contributed by atoms with van der Waals surface area (Å²) in [5, 5.41) is 0. The van der Waals surface area contributed by atoms with Gasteiger partial charge in [-0.3, -0.25) is 4.90 Å². The molecule has 0 saturated carbocycles. The first-order valence-electron chi connectivity index (χ1n) is 10.2. The topological polar surface area (TPSA) is 36.0 Å². The van der Waals surface area contributed by atoms with Crippen LogP contribution in [0, 0.1) is 17.7 Å². The molecule has 0 aromatic heterocycles. The van der Waals surface area contributed by atoms with E-state index >= 15 is 0 Å². The van der Waals surface area contributed by atoms with Gasteiger partial charge in [0.15, 0.2) is 0 Å². The summed E-state index contributed by atoms with van der Waals surface area (Å²) < 4.78 is 19.8. The number of likely N-dealkylation sites (tertiary alicyclic amines) is 2. The van der Waals surface area contributed by atoms with Gasteiger partial charge in [-0.1, -0.05) is 30.3 Å². The number of rotatable bonds is 5. The first kappa shape index (κ1) is 19.7. The maximum atomic E-state index is 13.9. The van der Waals surface area contributed by atoms with Gasteiger partial charge in [0.2, 0.25) is 0 Å². The van der Waals surface area contributed by atoms with Crippen LogP contribution in [0.25, 0.3) is 0 Å². The third-order valence-corrected chi connectivity index (χ3v) is 5.98. The minimum atomic E-state index is -0.255. The maximum absolute atomic E-state index is 13.9. The summed E-state index contributed by atoms with van der Waals surface area (Å²) in [4.78, 5) is 18.7. The molecule has 0 radical (unpaired) electrons. The van der Waals surface area contributed by atoms with Crippen LogP contribution in [0.1, 0.15) is 11.6 Å². The zero-order valence-corrected chi connectivity index (χ0v) is 17.0. The third kappa shape index (κ3) is 4.22. The Morgan fingerprint density at radius 1 is 1.10 bits per heavy atom. The Labute approximate surface area is 171 Å². The van der Waals surface area contributed by atoms with Crippen LogP contribution in [0.15, 0.2) is 54.6 Å². The lowest BCUT2D eigenvalue weighted by atomic mass is 9.89. The SMILES string of the molecule is CN(C)C(=O)N1C[C@H]2CN(CCOc3ccccc3)C[C@H]2[C@@H]1c1cccc(F)c1. The van der Waals surface area contributed by atoms with Gasteiger partial charge in [0.25, 0.3) is 0 Å². The molecule has 0 aliphatic carbocycles. The summed E-state index contributed by atoms with van der Waals surface area (Å²) >= 11 is 0. The molecular weight excluding hydrogens is 369 g/mol. The number of fused-ring (bicyclic) bond motifs is 1. The normalized spacial score (nSPS) is 23.8. The summed E-state index contributed by atoms with van der Waals surface area (Å²) in [7, 11) is 3.54. The molecule has 2 heterocycles. The largest absolute Gasteiger partial charge is 0.492 e. The van der Waals surface area contributed by atoms with Gasteiger partial charge in [-0.15, -0.1) is 0 Å². The Bertz CT molecular complexity index is 845. The molecule has 4 rings (SSSR count). The maximum Gasteiger partial charge on any atom is 0.320 e. The fourth-order valence-corrected chi connectivity index (χ4v) is 4.70. The molecule has 6 heteroatoms. The molecule has 2 amide bonds. The molecule has 2 aromatic carbocycles. The van der Waals surface area contributed by atoms with Crippen molar-refractivity contribution in [3.8, 4) is 5.75 Å². The molecule has 0 spiro atoms. The van der Waals surface area contributed by atoms with E-state index in [0.29, 0.717) is 25.0 Å². The lowest BCUT2D eigenvalue weighted by Crippen LogP contribution is -2.41. The number of halogens is 1. The van der Waals surface area contributed by atoms with Crippen molar-refractivity contribution in [2.75, 3.05) is 46.9 Å². The van der Waals surface area contributed by atoms with Crippen molar-refractivity contribution in [1.29, 1.82) is 0 Å². The van der Waals surface area contributed by atoms with E-state index in [1.165, 1.54) is 6.07 Å². The zero-order chi connectivity index (χ0) is 20.4. The molecular formula is C23H28FN3O2. The van der Waals surface area contributed by atoms with Crippen molar-refractivity contribution in [3.63, 3.8) is 0 Å². The number of ether oxygens (including phenoxy) is 1. The van der Waals surface area contributed by atoms with Crippen LogP contribution < -0.4 is 4.74 Å². The molecule has 3 atom stereocenters. The molecule has 29 heavy (non-hydrogen) atoms. The van der Waals surface area contributed by atoms with Crippen LogP contribution in [0.5, 0.6) is 5.75 Å². The van der Waals surface area contributed by atoms with E-state index in [2.05, 4.69) is 4.90 Å². The number of amides is 2. The van der Waals surface area contributed by atoms with Crippen LogP contribution in [-0.4, -0.2) is 67.6 Å². The van der Waals surface area contributed by atoms with Crippen LogP contribution in [-0.2, 0) is 0 Å². The van der Waals surface area contributed by atoms with Crippen molar-refractivity contribution >= 4 is 6.03 Å². The fraction of sp³-hybridized carbons (Fsp3) is 0.435. The van der Waals surface area contributed by atoms with Gasteiger partial charge in [-0.05, 0) is 35.7 Å². The minimum absolute atomic E-state index is 0.00683. The molecule has 2 fully saturated rings. The Balaban J connectivity index is 1.45. The minimum Gasteiger partial charge on any atom is -0.492 e. The number of hydrogen-bond donors (Lipinski definition) is 0. The van der Waals surface area contributed by atoms with Crippen molar-refractivity contribution in [3.05, 3.63) is 66.0 Å². The first-order valence-corrected chi connectivity index (χ1v) is 10.2. The number of benzene rings is 2. The first-order chi connectivity index (χ1) is 14.0. The molecule has 2 aromatic rings. The lowest BCUT2D eigenvalue weighted by Gasteiger charge is -2.31. The van der Waals surface area contributed by atoms with Crippen molar-refractivity contribution < 1.29 is 13.9 Å². The predicted octanol–water partition coefficient (Wildman–Crippen LogP) is 3.49. The van der Waals surface area contributed by atoms with Gasteiger partial charge in [-0.2, -0.15) is 0 Å². The Morgan fingerprint density at radius 2 is 1.90 bits per heavy atom. The number of nitrogens with zero attached hydrogens (tertiary/aromatic N) is 3. The number of carbonyl (C=O) groups is 1. The highest BCUT2D eigenvalue weighted by molar-refractivity contribution is 5.75. The summed E-state index contributed by atoms with van der Waals surface area (Å²) in [5.41, 5.74) is 0.884. The van der Waals surface area contributed by atoms with Gasteiger partial charge in [-0.25, -0.2) is 9.18 Å². The summed E-state index contributed by atoms with van der Waals surface area (Å²) in [5.74, 6) is 1.32. The lowest BCUT2D eigenvalue weighted by molar-refractivity contribution is 0.149. The van der Waals surface area contributed by atoms with E-state index in [1.807, 2.05) is 41.3 Å². The Morgan fingerprint density at radius 3 is 2.62 bits per heavy atom. The highest BCUT2D eigenvalue weighted by atomic mass is 19.1. The molecule has 154 valence electrons. The van der Waals surface area contributed by atoms with Gasteiger partial charge < -0.3 is 14.5 Å². The number of para-hydroxylation sites is 1. The second kappa shape index (κ2) is 8.41. The van der Waals surface area contributed by atoms with E-state index in [9.17, 15) is 9.18 Å². The highest BCUT2D eigenvalue weighted by Crippen LogP contribution is 2.45. The fourth-order valence-electron chi connectivity index (χ4n) is 4.70. The summed E-state index contributed by atoms with van der Waals surface area (Å²) in [6, 6.07) is 16.4. The molecule has 2 saturated heterocycles. The van der Waals surface area contributed by atoms with Crippen LogP contribution in [0.2, 0.25) is 0 Å². The second-order valence-corrected chi connectivity index (χ2v) is 8.17. The average Bonchev–Trinajstić information content (AvgIpc) is 3.25. The molecule has 0 bridgehead atoms. The van der Waals surface area contributed by atoms with Gasteiger partial charge in [0.1, 0.15) is 18.2 Å². The zero-order valence-electron chi connectivity index (χ0n) is 17.0. The van der Waals surface area contributed by atoms with Gasteiger partial charge >= 0.3 is 6.03 Å². The number of urea groups is 1. The smallest absolute Gasteiger partial charge is 0.320 e. The predicted molar refractivity (Wildman–Crippen MR) is 110 cm³/mol. The molecule has 2 aliphatic rings. The highest BCUT2D eigenvalue weighted by Gasteiger charge is 2.49. The molecule has 0 N–H and O–H groups in total. The third-order valence-electron chi connectivity index (χ3n) is 5.98. The van der Waals surface area contributed by atoms with Gasteiger partial charge in [0.05, 0.1) is 6.04 Å². The van der Waals surface area contributed by atoms with E-state index in [0.717, 1.165) is 30.9 Å². The van der Waals surface area contributed by atoms with Crippen LogP contribution in [0.4, 0.5) is 9.18 Å². The monoisotopic (exact) mass is 397 g/mol. The van der Waals surface area contributed by atoms with E-state index < -0.39 is 0 Å². The van der Waals surface area contributed by atoms with Crippen molar-refractivity contribution in [2.24, 2.45) is 11.8 Å². The quantitative estimate of drug-likeness (QED) is 0.775. The molecule has 2 aliphatic heterocycles. The number of hydrogen-bond acceptors (Lipinski definition) is 3. The van der Waals surface area contributed by atoms with Crippen molar-refractivity contribution in [1.82, 2.24) is 14.7 Å². The standard InChI is InChI=1S/C23H28FN3O2/c1-25(2)23(28)27-15-18-14-26(11-12-29-20-9-4-3-5-10-20)16-21(18)22(27)17-7-6-8-19(24)13-17/h3-10,13,18,21-22H,11-12,14-16H2,1-2H3/t18-,21-,22+/m1/s1. The van der Waals surface area contributed by atoms with Crippen molar-refractivity contribution in [2.45, 2.75) is 6.04 Å². The Hall–Kier alpha value is -2.60. The number of carbonyl (C=O) groups excluding carboxylic acids is 1. The molecule has 5 nitrogen and oxygen atoms in total.